The van der Waals surface area contributed by atoms with Crippen LogP contribution in [0.25, 0.3) is 11.1 Å². The molecule has 1 aliphatic carbocycles. The van der Waals surface area contributed by atoms with Gasteiger partial charge < -0.3 is 14.4 Å². The molecule has 1 atom stereocenters. The molecule has 1 heterocycles. The summed E-state index contributed by atoms with van der Waals surface area (Å²) in [4.78, 5) is 35.0. The Morgan fingerprint density at radius 1 is 1.06 bits per heavy atom. The van der Waals surface area contributed by atoms with E-state index in [1.165, 1.54) is 12.1 Å². The molecule has 5 rings (SSSR count). The van der Waals surface area contributed by atoms with Gasteiger partial charge in [-0.25, -0.2) is 4.39 Å². The van der Waals surface area contributed by atoms with Gasteiger partial charge in [-0.2, -0.15) is 18.2 Å². The lowest BCUT2D eigenvalue weighted by molar-refractivity contribution is -0.138. The van der Waals surface area contributed by atoms with E-state index in [0.717, 1.165) is 30.9 Å². The summed E-state index contributed by atoms with van der Waals surface area (Å²) in [6, 6.07) is -2.17. The predicted molar refractivity (Wildman–Crippen MR) is 186 cm³/mol. The summed E-state index contributed by atoms with van der Waals surface area (Å²) in [5, 5.41) is -0.617. The number of hydrogen-bond acceptors (Lipinski definition) is 5. The minimum Gasteiger partial charge on any atom is -0.336 e. The van der Waals surface area contributed by atoms with E-state index < -0.39 is 142 Å². The Morgan fingerprint density at radius 2 is 1.73 bits per heavy atom. The van der Waals surface area contributed by atoms with E-state index in [9.17, 15) is 29.9 Å². The smallest absolute Gasteiger partial charge is 0.336 e. The Hall–Kier alpha value is -3.96. The molecule has 1 aromatic heterocycles. The van der Waals surface area contributed by atoms with Crippen LogP contribution >= 0.6 is 11.8 Å². The van der Waals surface area contributed by atoms with Crippen LogP contribution in [0.5, 0.6) is 0 Å². The van der Waals surface area contributed by atoms with Crippen molar-refractivity contribution in [3.63, 3.8) is 0 Å². The zero-order valence-corrected chi connectivity index (χ0v) is 27.9. The van der Waals surface area contributed by atoms with E-state index in [4.69, 9.17) is 16.4 Å². The van der Waals surface area contributed by atoms with E-state index in [2.05, 4.69) is 4.98 Å². The molecule has 0 radical (unpaired) electrons. The normalized spacial score (nSPS) is 22.3. The lowest BCUT2D eigenvalue weighted by Gasteiger charge is -2.28. The molecular weight excluding hydrogens is 653 g/mol. The van der Waals surface area contributed by atoms with Crippen LogP contribution in [0.4, 0.5) is 17.6 Å². The zero-order valence-electron chi connectivity index (χ0n) is 41.1. The van der Waals surface area contributed by atoms with Crippen LogP contribution in [0.1, 0.15) is 73.5 Å². The first kappa shape index (κ1) is 22.0. The number of hydrogen-bond donors (Lipinski definition) is 0. The Balaban J connectivity index is 1.73. The van der Waals surface area contributed by atoms with E-state index in [1.807, 2.05) is 4.90 Å². The summed E-state index contributed by atoms with van der Waals surface area (Å²) in [6.07, 6.45) is -11.4. The van der Waals surface area contributed by atoms with Gasteiger partial charge in [-0.1, -0.05) is 80.9 Å². The Morgan fingerprint density at radius 3 is 2.39 bits per heavy atom. The summed E-state index contributed by atoms with van der Waals surface area (Å²) in [6.45, 7) is 1.41. The number of carbonyl (C=O) groups is 1. The summed E-state index contributed by atoms with van der Waals surface area (Å²) >= 11 is 0.631. The van der Waals surface area contributed by atoms with E-state index in [0.29, 0.717) is 35.0 Å². The molecule has 1 unspecified atom stereocenters. The Bertz CT molecular complexity index is 2480. The van der Waals surface area contributed by atoms with Crippen molar-refractivity contribution in [3.8, 4) is 11.1 Å². The van der Waals surface area contributed by atoms with Crippen LogP contribution in [0.2, 0.25) is 0 Å². The lowest BCUT2D eigenvalue weighted by atomic mass is 9.98. The highest BCUT2D eigenvalue weighted by Crippen LogP contribution is 2.34. The van der Waals surface area contributed by atoms with Gasteiger partial charge in [0.1, 0.15) is 12.3 Å². The molecule has 260 valence electrons. The van der Waals surface area contributed by atoms with E-state index in [1.54, 1.807) is 13.8 Å². The van der Waals surface area contributed by atoms with Crippen LogP contribution < -0.4 is 5.56 Å². The van der Waals surface area contributed by atoms with Crippen molar-refractivity contribution in [2.24, 2.45) is 5.89 Å². The largest absolute Gasteiger partial charge is 0.416 e. The summed E-state index contributed by atoms with van der Waals surface area (Å²) < 4.78 is 179. The molecular formula is C38H42F4N4O2S. The number of benzene rings is 3. The molecule has 4 aromatic rings. The first-order chi connectivity index (χ1) is 28.9. The van der Waals surface area contributed by atoms with Crippen LogP contribution in [0, 0.1) is 18.6 Å². The molecule has 49 heavy (non-hydrogen) atoms. The number of thioether (sulfide) groups is 1. The maximum absolute atomic E-state index is 14.9. The van der Waals surface area contributed by atoms with Crippen molar-refractivity contribution in [1.29, 1.82) is 0 Å². The van der Waals surface area contributed by atoms with Crippen molar-refractivity contribution >= 4 is 17.7 Å². The number of carbonyl (C=O) groups excluding carboxylic acids is 1. The topological polar surface area (TPSA) is 58.4 Å². The average molecular weight is 709 g/mol. The third kappa shape index (κ3) is 8.99. The molecule has 3 aromatic carbocycles. The molecule has 0 fully saturated rings. The van der Waals surface area contributed by atoms with Crippen LogP contribution in [-0.4, -0.2) is 51.4 Å². The molecule has 0 bridgehead atoms. The van der Waals surface area contributed by atoms with Gasteiger partial charge in [0.25, 0.3) is 5.56 Å². The van der Waals surface area contributed by atoms with Crippen molar-refractivity contribution in [1.82, 2.24) is 19.4 Å². The van der Waals surface area contributed by atoms with E-state index >= 15 is 0 Å². The maximum Gasteiger partial charge on any atom is 0.416 e. The monoisotopic (exact) mass is 708 g/mol. The maximum atomic E-state index is 14.9. The second-order valence-corrected chi connectivity index (χ2v) is 12.0. The van der Waals surface area contributed by atoms with Crippen LogP contribution in [0.3, 0.4) is 0 Å². The third-order valence-electron chi connectivity index (χ3n) is 7.60. The summed E-state index contributed by atoms with van der Waals surface area (Å²) in [5.41, 5.74) is -7.35. The fourth-order valence-corrected chi connectivity index (χ4v) is 5.82. The zero-order chi connectivity index (χ0) is 47.7. The first-order valence-electron chi connectivity index (χ1n) is 22.3. The summed E-state index contributed by atoms with van der Waals surface area (Å²) in [7, 11) is 0. The minimum atomic E-state index is -5.14. The van der Waals surface area contributed by atoms with Gasteiger partial charge in [0.15, 0.2) is 5.16 Å². The minimum absolute atomic E-state index is 0.0252. The third-order valence-corrected chi connectivity index (χ3v) is 8.61. The highest BCUT2D eigenvalue weighted by Gasteiger charge is 2.32. The number of nitrogens with zero attached hydrogens (tertiary/aromatic N) is 4. The number of halogens is 4. The number of alkyl halides is 3. The summed E-state index contributed by atoms with van der Waals surface area (Å²) in [5.74, 6) is -5.02. The van der Waals surface area contributed by atoms with Crippen LogP contribution in [-0.2, 0) is 42.5 Å². The van der Waals surface area contributed by atoms with Gasteiger partial charge in [-0.05, 0) is 84.6 Å². The predicted octanol–water partition coefficient (Wildman–Crippen LogP) is 7.77. The quantitative estimate of drug-likeness (QED) is 0.0808. The van der Waals surface area contributed by atoms with Gasteiger partial charge in [0.2, 0.25) is 5.91 Å². The highest BCUT2D eigenvalue weighted by molar-refractivity contribution is 7.98. The van der Waals surface area contributed by atoms with Gasteiger partial charge in [-0.15, -0.1) is 0 Å². The number of fused-ring (bicyclic) bond motifs is 1. The molecule has 11 heteroatoms. The second kappa shape index (κ2) is 15.7. The van der Waals surface area contributed by atoms with Crippen LogP contribution in [0.15, 0.2) is 76.5 Å². The first-order valence-corrected chi connectivity index (χ1v) is 16.3. The number of amides is 1. The standard InChI is InChI=1S/C38H42F4N4O2S/c1-5-44(6-2)17-18-45(22-27-7-11-29(12-8-27)30-13-16-33(26(4)21-30)38(40,41)42)35(47)23-46-34-20-25(3)19-32(34)36(48)43-37(46)49-24-28-9-14-31(39)15-10-28/h7-16,21,25H,5-6,17-20,22-24H2,1-4H3/i7D,8D,11D,12D,13D,16D,19D2,20D2,21D,23D2,25D. The van der Waals surface area contributed by atoms with Crippen molar-refractivity contribution < 1.29 is 41.5 Å². The molecule has 0 saturated heterocycles. The Kier molecular flexibility index (Phi) is 7.05. The fraction of sp³-hybridized carbons (Fsp3) is 0.395. The molecule has 1 aliphatic rings. The lowest BCUT2D eigenvalue weighted by Crippen LogP contribution is -2.40. The number of rotatable bonds is 13. The van der Waals surface area contributed by atoms with Gasteiger partial charge in [0.05, 0.1) is 17.9 Å². The average Bonchev–Trinajstić information content (AvgIpc) is 3.30. The second-order valence-electron chi connectivity index (χ2n) is 11.0. The SMILES string of the molecule is [2H]c1c([2H])c(-c2c([2H])c([2H])c(C(F)(F)F)c(C)c2[2H])c([2H])c([2H])c1CN(CCN(CC)CC)C(=O)C([2H])([2H])n1c(SCc2ccc(F)cc2)nc(=O)c2c1C([2H])([2H])C([2H])(C)C2([2H])[2H]. The van der Waals surface area contributed by atoms with E-state index in [-0.39, 0.29) is 18.8 Å². The number of aromatic nitrogens is 2. The van der Waals surface area contributed by atoms with Gasteiger partial charge in [-0.3, -0.25) is 9.59 Å². The molecule has 0 saturated carbocycles. The molecule has 0 aliphatic heterocycles. The van der Waals surface area contributed by atoms with Gasteiger partial charge in [0, 0.05) is 43.5 Å². The molecule has 0 N–H and O–H groups in total. The van der Waals surface area contributed by atoms with Gasteiger partial charge >= 0.3 is 6.18 Å². The number of likely N-dealkylation sites (N-methyl/N-ethyl adjacent to an activating group) is 1. The molecule has 1 amide bonds. The van der Waals surface area contributed by atoms with Crippen molar-refractivity contribution in [2.75, 3.05) is 26.2 Å². The fourth-order valence-electron chi connectivity index (χ4n) is 4.92. The highest BCUT2D eigenvalue weighted by atomic mass is 32.2. The Labute approximate surface area is 308 Å². The van der Waals surface area contributed by atoms with Crippen molar-refractivity contribution in [3.05, 3.63) is 116 Å². The molecule has 0 spiro atoms. The van der Waals surface area contributed by atoms with Crippen molar-refractivity contribution in [2.45, 2.75) is 70.6 Å². The molecule has 6 nitrogen and oxygen atoms in total.